The summed E-state index contributed by atoms with van der Waals surface area (Å²) in [5.74, 6) is 0.0436. The van der Waals surface area contributed by atoms with Crippen molar-refractivity contribution in [3.8, 4) is 0 Å². The van der Waals surface area contributed by atoms with Gasteiger partial charge in [0.05, 0.1) is 12.5 Å². The Bertz CT molecular complexity index is 747. The van der Waals surface area contributed by atoms with Crippen LogP contribution in [0.3, 0.4) is 0 Å². The molecule has 0 aromatic carbocycles. The summed E-state index contributed by atoms with van der Waals surface area (Å²) in [4.78, 5) is 28.4. The lowest BCUT2D eigenvalue weighted by Crippen LogP contribution is -2.48. The highest BCUT2D eigenvalue weighted by molar-refractivity contribution is 5.79. The van der Waals surface area contributed by atoms with E-state index in [2.05, 4.69) is 20.5 Å². The first kappa shape index (κ1) is 16.4. The van der Waals surface area contributed by atoms with Crippen molar-refractivity contribution in [1.82, 2.24) is 20.5 Å². The lowest BCUT2D eigenvalue weighted by molar-refractivity contribution is -0.122. The van der Waals surface area contributed by atoms with Gasteiger partial charge in [-0.1, -0.05) is 6.07 Å². The van der Waals surface area contributed by atoms with Gasteiger partial charge in [0.25, 0.3) is 5.56 Å². The van der Waals surface area contributed by atoms with Crippen molar-refractivity contribution in [1.29, 1.82) is 0 Å². The number of aliphatic hydroxyl groups is 1. The van der Waals surface area contributed by atoms with Gasteiger partial charge in [0.2, 0.25) is 5.91 Å². The minimum atomic E-state index is -0.284. The largest absolute Gasteiger partial charge is 0.393 e. The first-order valence-electron chi connectivity index (χ1n) is 8.16. The molecular weight excluding hydrogens is 308 g/mol. The summed E-state index contributed by atoms with van der Waals surface area (Å²) in [6, 6.07) is 5.61. The molecule has 4 N–H and O–H groups in total. The fourth-order valence-corrected chi connectivity index (χ4v) is 3.14. The molecule has 0 unspecified atom stereocenters. The Morgan fingerprint density at radius 1 is 1.42 bits per heavy atom. The highest BCUT2D eigenvalue weighted by atomic mass is 16.3. The standard InChI is InChI=1S/C17H22N4O3/c1-10-14(17(24)21-20-10)9-16(23)19-15(11-6-13(22)7-11)8-12-4-2-3-5-18-12/h2-5,11,13,15,22H,6-9H2,1H3,(H,19,23)(H2,20,21,24)/t11?,13?,15-/m1/s1. The number of aromatic nitrogens is 3. The number of aryl methyl sites for hydroxylation is 1. The fraction of sp³-hybridized carbons (Fsp3) is 0.471. The fourth-order valence-electron chi connectivity index (χ4n) is 3.14. The smallest absolute Gasteiger partial charge is 0.267 e. The minimum absolute atomic E-state index is 0.0403. The Balaban J connectivity index is 1.67. The molecule has 0 saturated heterocycles. The van der Waals surface area contributed by atoms with Crippen LogP contribution in [0, 0.1) is 12.8 Å². The predicted octanol–water partition coefficient (Wildman–Crippen LogP) is 0.447. The van der Waals surface area contributed by atoms with Crippen LogP contribution in [0.25, 0.3) is 0 Å². The average molecular weight is 330 g/mol. The molecule has 2 heterocycles. The Labute approximate surface area is 139 Å². The van der Waals surface area contributed by atoms with Crippen molar-refractivity contribution in [2.24, 2.45) is 5.92 Å². The second-order valence-corrected chi connectivity index (χ2v) is 6.44. The van der Waals surface area contributed by atoms with Gasteiger partial charge in [-0.05, 0) is 37.8 Å². The van der Waals surface area contributed by atoms with Crippen LogP contribution in [0.5, 0.6) is 0 Å². The van der Waals surface area contributed by atoms with Crippen LogP contribution in [0.2, 0.25) is 0 Å². The van der Waals surface area contributed by atoms with Gasteiger partial charge in [-0.3, -0.25) is 19.7 Å². The van der Waals surface area contributed by atoms with E-state index >= 15 is 0 Å². The zero-order chi connectivity index (χ0) is 17.1. The van der Waals surface area contributed by atoms with Gasteiger partial charge in [-0.2, -0.15) is 0 Å². The molecule has 0 spiro atoms. The van der Waals surface area contributed by atoms with Crippen molar-refractivity contribution in [3.05, 3.63) is 51.7 Å². The number of carbonyl (C=O) groups is 1. The molecule has 1 amide bonds. The number of hydrogen-bond donors (Lipinski definition) is 4. The SMILES string of the molecule is Cc1[nH][nH]c(=O)c1CC(=O)N[C@H](Cc1ccccn1)C1CC(O)C1. The summed E-state index contributed by atoms with van der Waals surface area (Å²) in [5, 5.41) is 17.8. The van der Waals surface area contributed by atoms with Crippen LogP contribution in [0.1, 0.15) is 29.8 Å². The minimum Gasteiger partial charge on any atom is -0.393 e. The lowest BCUT2D eigenvalue weighted by Gasteiger charge is -2.38. The van der Waals surface area contributed by atoms with Crippen molar-refractivity contribution < 1.29 is 9.90 Å². The van der Waals surface area contributed by atoms with Gasteiger partial charge in [0.15, 0.2) is 0 Å². The maximum Gasteiger partial charge on any atom is 0.267 e. The monoisotopic (exact) mass is 330 g/mol. The summed E-state index contributed by atoms with van der Waals surface area (Å²) in [7, 11) is 0. The number of carbonyl (C=O) groups excluding carboxylic acids is 1. The highest BCUT2D eigenvalue weighted by Crippen LogP contribution is 2.31. The molecule has 7 heteroatoms. The summed E-state index contributed by atoms with van der Waals surface area (Å²) in [6.45, 7) is 1.76. The van der Waals surface area contributed by atoms with Gasteiger partial charge < -0.3 is 15.5 Å². The normalized spacial score (nSPS) is 21.1. The third-order valence-corrected chi connectivity index (χ3v) is 4.65. The molecule has 3 rings (SSSR count). The molecule has 7 nitrogen and oxygen atoms in total. The zero-order valence-electron chi connectivity index (χ0n) is 13.6. The molecule has 1 fully saturated rings. The van der Waals surface area contributed by atoms with Crippen LogP contribution in [0.15, 0.2) is 29.2 Å². The summed E-state index contributed by atoms with van der Waals surface area (Å²) in [6.07, 6.45) is 3.47. The third kappa shape index (κ3) is 3.73. The van der Waals surface area contributed by atoms with Crippen molar-refractivity contribution in [2.75, 3.05) is 0 Å². The van der Waals surface area contributed by atoms with Crippen molar-refractivity contribution >= 4 is 5.91 Å². The number of H-pyrrole nitrogens is 2. The van der Waals surface area contributed by atoms with Gasteiger partial charge in [0, 0.05) is 35.6 Å². The number of amides is 1. The van der Waals surface area contributed by atoms with E-state index in [-0.39, 0.29) is 36.0 Å². The molecule has 128 valence electrons. The first-order valence-corrected chi connectivity index (χ1v) is 8.16. The van der Waals surface area contributed by atoms with Crippen molar-refractivity contribution in [3.63, 3.8) is 0 Å². The van der Waals surface area contributed by atoms with Crippen LogP contribution in [-0.4, -0.2) is 38.3 Å². The Morgan fingerprint density at radius 3 is 2.79 bits per heavy atom. The molecule has 24 heavy (non-hydrogen) atoms. The Morgan fingerprint density at radius 2 is 2.21 bits per heavy atom. The molecule has 0 aliphatic heterocycles. The summed E-state index contributed by atoms with van der Waals surface area (Å²) < 4.78 is 0. The summed E-state index contributed by atoms with van der Waals surface area (Å²) in [5.41, 5.74) is 1.77. The number of nitrogens with zero attached hydrogens (tertiary/aromatic N) is 1. The molecule has 1 saturated carbocycles. The molecule has 0 bridgehead atoms. The van der Waals surface area contributed by atoms with E-state index < -0.39 is 0 Å². The average Bonchev–Trinajstić information content (AvgIpc) is 2.84. The van der Waals surface area contributed by atoms with Crippen LogP contribution in [-0.2, 0) is 17.6 Å². The number of aromatic amines is 2. The van der Waals surface area contributed by atoms with E-state index in [0.29, 0.717) is 30.5 Å². The predicted molar refractivity (Wildman–Crippen MR) is 88.5 cm³/mol. The Kier molecular flexibility index (Phi) is 4.80. The number of hydrogen-bond acceptors (Lipinski definition) is 4. The molecule has 1 aliphatic carbocycles. The molecule has 0 radical (unpaired) electrons. The Hall–Kier alpha value is -2.41. The lowest BCUT2D eigenvalue weighted by atomic mass is 9.76. The maximum atomic E-state index is 12.4. The van der Waals surface area contributed by atoms with Gasteiger partial charge >= 0.3 is 0 Å². The molecule has 1 atom stereocenters. The number of aliphatic hydroxyl groups excluding tert-OH is 1. The second-order valence-electron chi connectivity index (χ2n) is 6.44. The third-order valence-electron chi connectivity index (χ3n) is 4.65. The number of nitrogens with one attached hydrogen (secondary N) is 3. The molecule has 2 aromatic heterocycles. The highest BCUT2D eigenvalue weighted by Gasteiger charge is 2.35. The topological polar surface area (TPSA) is 111 Å². The van der Waals surface area contributed by atoms with Crippen LogP contribution < -0.4 is 10.9 Å². The molecular formula is C17H22N4O3. The number of rotatable bonds is 6. The second kappa shape index (κ2) is 7.00. The van der Waals surface area contributed by atoms with Gasteiger partial charge in [0.1, 0.15) is 0 Å². The van der Waals surface area contributed by atoms with E-state index in [1.54, 1.807) is 13.1 Å². The van der Waals surface area contributed by atoms with E-state index in [1.807, 2.05) is 18.2 Å². The van der Waals surface area contributed by atoms with E-state index in [0.717, 1.165) is 5.69 Å². The molecule has 1 aliphatic rings. The van der Waals surface area contributed by atoms with Crippen LogP contribution in [0.4, 0.5) is 0 Å². The van der Waals surface area contributed by atoms with Crippen molar-refractivity contribution in [2.45, 2.75) is 44.8 Å². The van der Waals surface area contributed by atoms with E-state index in [9.17, 15) is 14.7 Å². The maximum absolute atomic E-state index is 12.4. The van der Waals surface area contributed by atoms with Crippen LogP contribution >= 0.6 is 0 Å². The molecule has 2 aromatic rings. The van der Waals surface area contributed by atoms with E-state index in [1.165, 1.54) is 0 Å². The van der Waals surface area contributed by atoms with Gasteiger partial charge in [-0.25, -0.2) is 0 Å². The van der Waals surface area contributed by atoms with Gasteiger partial charge in [-0.15, -0.1) is 0 Å². The zero-order valence-corrected chi connectivity index (χ0v) is 13.6. The summed E-state index contributed by atoms with van der Waals surface area (Å²) >= 11 is 0. The quantitative estimate of drug-likeness (QED) is 0.616. The first-order chi connectivity index (χ1) is 11.5. The number of pyridine rings is 1. The van der Waals surface area contributed by atoms with E-state index in [4.69, 9.17) is 0 Å².